The fraction of sp³-hybridized carbons (Fsp3) is 0.417. The van der Waals surface area contributed by atoms with E-state index >= 15 is 0 Å². The molecule has 0 atom stereocenters. The second kappa shape index (κ2) is 4.34. The van der Waals surface area contributed by atoms with Crippen LogP contribution in [0.3, 0.4) is 0 Å². The Morgan fingerprint density at radius 1 is 1.13 bits per heavy atom. The fourth-order valence-corrected chi connectivity index (χ4v) is 1.67. The van der Waals surface area contributed by atoms with E-state index in [1.165, 1.54) is 7.11 Å². The summed E-state index contributed by atoms with van der Waals surface area (Å²) in [4.78, 5) is 11.5. The summed E-state index contributed by atoms with van der Waals surface area (Å²) in [7, 11) is 3.01. The zero-order chi connectivity index (χ0) is 11.6. The largest absolute Gasteiger partial charge is 0.496 e. The van der Waals surface area contributed by atoms with Gasteiger partial charge < -0.3 is 9.47 Å². The molecule has 0 N–H and O–H groups in total. The maximum Gasteiger partial charge on any atom is 0.338 e. The Labute approximate surface area is 90.0 Å². The second-order valence-electron chi connectivity index (χ2n) is 3.51. The standard InChI is InChI=1S/C12H16O3/c1-7-6-10(14-4)8(2)9(3)11(7)12(13)15-5/h6H,1-5H3. The quantitative estimate of drug-likeness (QED) is 0.700. The van der Waals surface area contributed by atoms with Crippen LogP contribution in [0.25, 0.3) is 0 Å². The van der Waals surface area contributed by atoms with Gasteiger partial charge in [0.05, 0.1) is 19.8 Å². The number of methoxy groups -OCH3 is 2. The molecule has 0 saturated heterocycles. The minimum Gasteiger partial charge on any atom is -0.496 e. The van der Waals surface area contributed by atoms with Crippen LogP contribution in [-0.4, -0.2) is 20.2 Å². The Kier molecular flexibility index (Phi) is 3.35. The highest BCUT2D eigenvalue weighted by atomic mass is 16.5. The minimum atomic E-state index is -0.296. The van der Waals surface area contributed by atoms with E-state index in [2.05, 4.69) is 0 Å². The van der Waals surface area contributed by atoms with Gasteiger partial charge in [-0.25, -0.2) is 4.79 Å². The highest BCUT2D eigenvalue weighted by Gasteiger charge is 2.16. The summed E-state index contributed by atoms with van der Waals surface area (Å²) < 4.78 is 9.97. The van der Waals surface area contributed by atoms with Crippen LogP contribution in [0.5, 0.6) is 5.75 Å². The van der Waals surface area contributed by atoms with Gasteiger partial charge >= 0.3 is 5.97 Å². The molecule has 3 heteroatoms. The Bertz CT molecular complexity index is 394. The van der Waals surface area contributed by atoms with Crippen LogP contribution in [0.15, 0.2) is 6.07 Å². The summed E-state index contributed by atoms with van der Waals surface area (Å²) in [6.07, 6.45) is 0. The Morgan fingerprint density at radius 2 is 1.73 bits per heavy atom. The van der Waals surface area contributed by atoms with Crippen molar-refractivity contribution < 1.29 is 14.3 Å². The molecular weight excluding hydrogens is 192 g/mol. The number of carbonyl (C=O) groups excluding carboxylic acids is 1. The first kappa shape index (κ1) is 11.6. The average molecular weight is 208 g/mol. The van der Waals surface area contributed by atoms with Crippen molar-refractivity contribution in [1.82, 2.24) is 0 Å². The lowest BCUT2D eigenvalue weighted by atomic mass is 9.97. The topological polar surface area (TPSA) is 35.5 Å². The smallest absolute Gasteiger partial charge is 0.338 e. The molecular formula is C12H16O3. The second-order valence-corrected chi connectivity index (χ2v) is 3.51. The maximum atomic E-state index is 11.5. The molecule has 3 nitrogen and oxygen atoms in total. The summed E-state index contributed by atoms with van der Waals surface area (Å²) in [6, 6.07) is 1.86. The molecule has 0 aliphatic heterocycles. The molecule has 0 aliphatic rings. The predicted molar refractivity (Wildman–Crippen MR) is 58.5 cm³/mol. The van der Waals surface area contributed by atoms with E-state index in [-0.39, 0.29) is 5.97 Å². The lowest BCUT2D eigenvalue weighted by Crippen LogP contribution is -2.08. The van der Waals surface area contributed by atoms with Crippen LogP contribution in [0.2, 0.25) is 0 Å². The van der Waals surface area contributed by atoms with E-state index in [1.54, 1.807) is 7.11 Å². The zero-order valence-electron chi connectivity index (χ0n) is 9.80. The van der Waals surface area contributed by atoms with Crippen molar-refractivity contribution in [2.75, 3.05) is 14.2 Å². The van der Waals surface area contributed by atoms with Gasteiger partial charge in [-0.1, -0.05) is 0 Å². The van der Waals surface area contributed by atoms with Gasteiger partial charge in [0.15, 0.2) is 0 Å². The monoisotopic (exact) mass is 208 g/mol. The number of aryl methyl sites for hydroxylation is 1. The first-order valence-electron chi connectivity index (χ1n) is 4.76. The van der Waals surface area contributed by atoms with Crippen LogP contribution in [-0.2, 0) is 4.74 Å². The number of hydrogen-bond donors (Lipinski definition) is 0. The first-order valence-corrected chi connectivity index (χ1v) is 4.76. The number of benzene rings is 1. The zero-order valence-corrected chi connectivity index (χ0v) is 9.80. The summed E-state index contributed by atoms with van der Waals surface area (Å²) >= 11 is 0. The fourth-order valence-electron chi connectivity index (χ4n) is 1.67. The number of esters is 1. The van der Waals surface area contributed by atoms with E-state index in [9.17, 15) is 4.79 Å². The normalized spacial score (nSPS) is 9.93. The predicted octanol–water partition coefficient (Wildman–Crippen LogP) is 2.41. The molecule has 1 aromatic carbocycles. The average Bonchev–Trinajstić information content (AvgIpc) is 2.23. The molecule has 0 spiro atoms. The van der Waals surface area contributed by atoms with E-state index in [4.69, 9.17) is 9.47 Å². The molecule has 0 fully saturated rings. The third kappa shape index (κ3) is 1.96. The molecule has 82 valence electrons. The van der Waals surface area contributed by atoms with Crippen LogP contribution < -0.4 is 4.74 Å². The molecule has 0 unspecified atom stereocenters. The van der Waals surface area contributed by atoms with Crippen LogP contribution in [0.1, 0.15) is 27.0 Å². The van der Waals surface area contributed by atoms with Crippen LogP contribution >= 0.6 is 0 Å². The van der Waals surface area contributed by atoms with Gasteiger partial charge in [0.1, 0.15) is 5.75 Å². The summed E-state index contributed by atoms with van der Waals surface area (Å²) in [6.45, 7) is 5.71. The lowest BCUT2D eigenvalue weighted by Gasteiger charge is -2.14. The molecule has 0 amide bonds. The number of carbonyl (C=O) groups is 1. The molecule has 1 rings (SSSR count). The number of ether oxygens (including phenoxy) is 2. The van der Waals surface area contributed by atoms with Gasteiger partial charge in [-0.2, -0.15) is 0 Å². The van der Waals surface area contributed by atoms with Crippen LogP contribution in [0, 0.1) is 20.8 Å². The molecule has 0 saturated carbocycles. The van der Waals surface area contributed by atoms with E-state index < -0.39 is 0 Å². The summed E-state index contributed by atoms with van der Waals surface area (Å²) in [5.74, 6) is 0.508. The molecule has 0 aromatic heterocycles. The van der Waals surface area contributed by atoms with Gasteiger partial charge in [-0.15, -0.1) is 0 Å². The van der Waals surface area contributed by atoms with Crippen molar-refractivity contribution in [1.29, 1.82) is 0 Å². The Hall–Kier alpha value is -1.51. The molecule has 0 heterocycles. The van der Waals surface area contributed by atoms with E-state index in [0.29, 0.717) is 5.56 Å². The van der Waals surface area contributed by atoms with Gasteiger partial charge in [0, 0.05) is 0 Å². The Balaban J connectivity index is 3.42. The summed E-state index contributed by atoms with van der Waals surface area (Å²) in [5.41, 5.74) is 3.40. The van der Waals surface area contributed by atoms with E-state index in [0.717, 1.165) is 22.4 Å². The molecule has 0 bridgehead atoms. The molecule has 0 radical (unpaired) electrons. The van der Waals surface area contributed by atoms with Crippen molar-refractivity contribution in [3.63, 3.8) is 0 Å². The molecule has 1 aromatic rings. The van der Waals surface area contributed by atoms with Crippen molar-refractivity contribution >= 4 is 5.97 Å². The summed E-state index contributed by atoms with van der Waals surface area (Å²) in [5, 5.41) is 0. The van der Waals surface area contributed by atoms with Crippen molar-refractivity contribution in [2.24, 2.45) is 0 Å². The highest BCUT2D eigenvalue weighted by molar-refractivity contribution is 5.93. The third-order valence-electron chi connectivity index (χ3n) is 2.66. The lowest BCUT2D eigenvalue weighted by molar-refractivity contribution is 0.0599. The maximum absolute atomic E-state index is 11.5. The van der Waals surface area contributed by atoms with Gasteiger partial charge in [-0.05, 0) is 43.5 Å². The third-order valence-corrected chi connectivity index (χ3v) is 2.66. The molecule has 15 heavy (non-hydrogen) atoms. The van der Waals surface area contributed by atoms with Crippen molar-refractivity contribution in [3.05, 3.63) is 28.3 Å². The van der Waals surface area contributed by atoms with Gasteiger partial charge in [-0.3, -0.25) is 0 Å². The van der Waals surface area contributed by atoms with Gasteiger partial charge in [0.25, 0.3) is 0 Å². The van der Waals surface area contributed by atoms with E-state index in [1.807, 2.05) is 26.8 Å². The van der Waals surface area contributed by atoms with Crippen molar-refractivity contribution in [2.45, 2.75) is 20.8 Å². The number of hydrogen-bond acceptors (Lipinski definition) is 3. The molecule has 0 aliphatic carbocycles. The number of rotatable bonds is 2. The van der Waals surface area contributed by atoms with Crippen molar-refractivity contribution in [3.8, 4) is 5.75 Å². The van der Waals surface area contributed by atoms with Gasteiger partial charge in [0.2, 0.25) is 0 Å². The minimum absolute atomic E-state index is 0.296. The first-order chi connectivity index (χ1) is 7.02. The Morgan fingerprint density at radius 3 is 2.20 bits per heavy atom. The van der Waals surface area contributed by atoms with Crippen LogP contribution in [0.4, 0.5) is 0 Å². The highest BCUT2D eigenvalue weighted by Crippen LogP contribution is 2.27. The SMILES string of the molecule is COC(=O)c1c(C)cc(OC)c(C)c1C.